The predicted molar refractivity (Wildman–Crippen MR) is 64.5 cm³/mol. The maximum atomic E-state index is 13.0. The first-order valence-corrected chi connectivity index (χ1v) is 5.46. The fourth-order valence-electron chi connectivity index (χ4n) is 1.44. The van der Waals surface area contributed by atoms with Crippen LogP contribution in [0.2, 0.25) is 10.0 Å². The van der Waals surface area contributed by atoms with Gasteiger partial charge in [0.05, 0.1) is 16.9 Å². The zero-order valence-electron chi connectivity index (χ0n) is 8.75. The van der Waals surface area contributed by atoms with Crippen molar-refractivity contribution in [3.63, 3.8) is 0 Å². The second-order valence-electron chi connectivity index (χ2n) is 3.45. The third-order valence-corrected chi connectivity index (χ3v) is 3.01. The minimum Gasteiger partial charge on any atom is -0.266 e. The summed E-state index contributed by atoms with van der Waals surface area (Å²) >= 11 is 11.4. The van der Waals surface area contributed by atoms with Gasteiger partial charge in [0.1, 0.15) is 10.8 Å². The summed E-state index contributed by atoms with van der Waals surface area (Å²) in [6.07, 6.45) is 1.27. The molecule has 1 aromatic heterocycles. The van der Waals surface area contributed by atoms with Crippen LogP contribution >= 0.6 is 23.2 Å². The van der Waals surface area contributed by atoms with Gasteiger partial charge in [-0.05, 0) is 30.7 Å². The van der Waals surface area contributed by atoms with Gasteiger partial charge in [0.2, 0.25) is 0 Å². The normalized spacial score (nSPS) is 10.6. The Hall–Kier alpha value is -1.39. The van der Waals surface area contributed by atoms with Gasteiger partial charge in [0, 0.05) is 0 Å². The van der Waals surface area contributed by atoms with Crippen molar-refractivity contribution in [2.24, 2.45) is 0 Å². The second kappa shape index (κ2) is 4.47. The zero-order valence-corrected chi connectivity index (χ0v) is 10.3. The minimum absolute atomic E-state index is 0.0904. The summed E-state index contributed by atoms with van der Waals surface area (Å²) in [7, 11) is 0. The third kappa shape index (κ3) is 2.18. The van der Waals surface area contributed by atoms with Crippen molar-refractivity contribution in [3.8, 4) is 5.69 Å². The average Bonchev–Trinajstić information content (AvgIpc) is 2.28. The number of halogens is 3. The summed E-state index contributed by atoms with van der Waals surface area (Å²) in [6, 6.07) is 4.02. The summed E-state index contributed by atoms with van der Waals surface area (Å²) in [4.78, 5) is 11.8. The fraction of sp³-hybridized carbons (Fsp3) is 0.0909. The summed E-state index contributed by atoms with van der Waals surface area (Å²) in [5.41, 5.74) is 0.516. The molecule has 0 radical (unpaired) electrons. The molecule has 6 heteroatoms. The molecule has 0 aliphatic rings. The van der Waals surface area contributed by atoms with Crippen LogP contribution in [0.1, 0.15) is 5.56 Å². The van der Waals surface area contributed by atoms with E-state index >= 15 is 0 Å². The monoisotopic (exact) mass is 272 g/mol. The van der Waals surface area contributed by atoms with Crippen LogP contribution in [0.5, 0.6) is 0 Å². The van der Waals surface area contributed by atoms with Crippen LogP contribution in [-0.4, -0.2) is 9.78 Å². The Labute approximate surface area is 106 Å². The van der Waals surface area contributed by atoms with Gasteiger partial charge >= 0.3 is 0 Å². The van der Waals surface area contributed by atoms with Crippen LogP contribution in [0.4, 0.5) is 4.39 Å². The molecule has 88 valence electrons. The van der Waals surface area contributed by atoms with Gasteiger partial charge < -0.3 is 0 Å². The number of aromatic nitrogens is 2. The van der Waals surface area contributed by atoms with E-state index in [1.54, 1.807) is 6.92 Å². The number of hydrogen-bond donors (Lipinski definition) is 0. The number of benzene rings is 1. The van der Waals surface area contributed by atoms with E-state index in [-0.39, 0.29) is 15.9 Å². The van der Waals surface area contributed by atoms with Crippen LogP contribution in [-0.2, 0) is 0 Å². The molecule has 2 rings (SSSR count). The molecule has 0 fully saturated rings. The van der Waals surface area contributed by atoms with Gasteiger partial charge in [-0.3, -0.25) is 4.79 Å². The van der Waals surface area contributed by atoms with E-state index in [0.29, 0.717) is 11.3 Å². The molecule has 0 saturated heterocycles. The first-order chi connectivity index (χ1) is 8.00. The van der Waals surface area contributed by atoms with Gasteiger partial charge in [0.25, 0.3) is 5.56 Å². The van der Waals surface area contributed by atoms with E-state index in [1.165, 1.54) is 24.4 Å². The number of hydrogen-bond acceptors (Lipinski definition) is 2. The Balaban J connectivity index is 2.70. The van der Waals surface area contributed by atoms with E-state index in [1.807, 2.05) is 0 Å². The molecule has 1 aromatic carbocycles. The quantitative estimate of drug-likeness (QED) is 0.800. The van der Waals surface area contributed by atoms with Gasteiger partial charge in [-0.15, -0.1) is 0 Å². The highest BCUT2D eigenvalue weighted by Crippen LogP contribution is 2.18. The van der Waals surface area contributed by atoms with Gasteiger partial charge in [0.15, 0.2) is 0 Å². The Morgan fingerprint density at radius 3 is 2.71 bits per heavy atom. The van der Waals surface area contributed by atoms with Crippen LogP contribution in [0.15, 0.2) is 29.2 Å². The summed E-state index contributed by atoms with van der Waals surface area (Å²) in [5.74, 6) is -0.376. The smallest absolute Gasteiger partial charge is 0.266 e. The molecule has 0 saturated carbocycles. The SMILES string of the molecule is Cc1cc(F)ccc1-n1ncc(Cl)c(Cl)c1=O. The number of nitrogens with zero attached hydrogens (tertiary/aromatic N) is 2. The lowest BCUT2D eigenvalue weighted by Crippen LogP contribution is -2.22. The van der Waals surface area contributed by atoms with Crippen molar-refractivity contribution in [1.82, 2.24) is 9.78 Å². The third-order valence-electron chi connectivity index (χ3n) is 2.26. The Morgan fingerprint density at radius 1 is 1.35 bits per heavy atom. The molecule has 0 aliphatic heterocycles. The lowest BCUT2D eigenvalue weighted by molar-refractivity contribution is 0.625. The van der Waals surface area contributed by atoms with Crippen molar-refractivity contribution in [2.45, 2.75) is 6.92 Å². The molecule has 0 unspecified atom stereocenters. The standard InChI is InChI=1S/C11H7Cl2FN2O/c1-6-4-7(14)2-3-9(6)16-11(17)10(13)8(12)5-15-16/h2-5H,1H3. The minimum atomic E-state index is -0.533. The molecule has 0 spiro atoms. The van der Waals surface area contributed by atoms with Crippen LogP contribution in [0.3, 0.4) is 0 Å². The number of aryl methyl sites for hydroxylation is 1. The second-order valence-corrected chi connectivity index (χ2v) is 4.24. The van der Waals surface area contributed by atoms with Gasteiger partial charge in [-0.1, -0.05) is 23.2 Å². The topological polar surface area (TPSA) is 34.9 Å². The molecule has 0 amide bonds. The Bertz CT molecular complexity index is 640. The van der Waals surface area contributed by atoms with E-state index in [9.17, 15) is 9.18 Å². The summed E-state index contributed by atoms with van der Waals surface area (Å²) < 4.78 is 14.0. The van der Waals surface area contributed by atoms with Crippen molar-refractivity contribution in [1.29, 1.82) is 0 Å². The molecule has 17 heavy (non-hydrogen) atoms. The zero-order chi connectivity index (χ0) is 12.6. The lowest BCUT2D eigenvalue weighted by atomic mass is 10.2. The number of rotatable bonds is 1. The van der Waals surface area contributed by atoms with Crippen LogP contribution in [0, 0.1) is 12.7 Å². The van der Waals surface area contributed by atoms with Gasteiger partial charge in [-0.2, -0.15) is 9.78 Å². The molecule has 1 heterocycles. The van der Waals surface area contributed by atoms with Gasteiger partial charge in [-0.25, -0.2) is 4.39 Å². The maximum Gasteiger partial charge on any atom is 0.291 e. The molecular weight excluding hydrogens is 266 g/mol. The highest BCUT2D eigenvalue weighted by atomic mass is 35.5. The van der Waals surface area contributed by atoms with E-state index in [0.717, 1.165) is 4.68 Å². The first-order valence-electron chi connectivity index (χ1n) is 4.70. The van der Waals surface area contributed by atoms with Crippen molar-refractivity contribution in [3.05, 3.63) is 56.2 Å². The average molecular weight is 273 g/mol. The molecule has 0 N–H and O–H groups in total. The molecule has 3 nitrogen and oxygen atoms in total. The summed E-state index contributed by atoms with van der Waals surface area (Å²) in [6.45, 7) is 1.68. The van der Waals surface area contributed by atoms with E-state index in [2.05, 4.69) is 5.10 Å². The highest BCUT2D eigenvalue weighted by Gasteiger charge is 2.10. The molecule has 0 aliphatic carbocycles. The van der Waals surface area contributed by atoms with Crippen molar-refractivity contribution < 1.29 is 4.39 Å². The summed E-state index contributed by atoms with van der Waals surface area (Å²) in [5, 5.41) is 3.85. The van der Waals surface area contributed by atoms with Crippen LogP contribution in [0.25, 0.3) is 5.69 Å². The fourth-order valence-corrected chi connectivity index (χ4v) is 1.69. The maximum absolute atomic E-state index is 13.0. The van der Waals surface area contributed by atoms with E-state index in [4.69, 9.17) is 23.2 Å². The molecule has 2 aromatic rings. The highest BCUT2D eigenvalue weighted by molar-refractivity contribution is 6.41. The lowest BCUT2D eigenvalue weighted by Gasteiger charge is -2.08. The molecule has 0 bridgehead atoms. The molecule has 0 atom stereocenters. The Kier molecular flexibility index (Phi) is 3.17. The molecular formula is C11H7Cl2FN2O. The van der Waals surface area contributed by atoms with Crippen molar-refractivity contribution in [2.75, 3.05) is 0 Å². The van der Waals surface area contributed by atoms with Crippen LogP contribution < -0.4 is 5.56 Å². The predicted octanol–water partition coefficient (Wildman–Crippen LogP) is 2.99. The van der Waals surface area contributed by atoms with E-state index < -0.39 is 5.56 Å². The van der Waals surface area contributed by atoms with Crippen molar-refractivity contribution >= 4 is 23.2 Å². The largest absolute Gasteiger partial charge is 0.291 e. The Morgan fingerprint density at radius 2 is 2.06 bits per heavy atom. The first kappa shape index (κ1) is 12.1.